The summed E-state index contributed by atoms with van der Waals surface area (Å²) in [6, 6.07) is 10.4. The highest BCUT2D eigenvalue weighted by molar-refractivity contribution is 6.04. The number of hydrogen-bond donors (Lipinski definition) is 2. The lowest BCUT2D eigenvalue weighted by Crippen LogP contribution is -2.29. The molecule has 1 amide bonds. The predicted molar refractivity (Wildman–Crippen MR) is 152 cm³/mol. The zero-order chi connectivity index (χ0) is 27.1. The van der Waals surface area contributed by atoms with Gasteiger partial charge in [-0.3, -0.25) is 19.8 Å². The van der Waals surface area contributed by atoms with E-state index in [0.29, 0.717) is 23.1 Å². The molecule has 1 aliphatic heterocycles. The molecule has 3 aromatic heterocycles. The van der Waals surface area contributed by atoms with Gasteiger partial charge in [0.15, 0.2) is 0 Å². The standard InChI is InChI=1S/C30H37N7O2/c1-19-14-22(15-27(32-19)23-17-31-36(3)18-23)29(39)34-30-33-26-9-4-21(20-10-12-35(2)13-11-20)16-28(26)37(30)24-5-7-25(38)8-6-24/h4,9,14-18,20,24-25,38H,5-8,10-13H2,1-3H3,(H,33,34,39). The number of nitrogens with zero attached hydrogens (tertiary/aromatic N) is 6. The topological polar surface area (TPSA) is 101 Å². The quantitative estimate of drug-likeness (QED) is 0.391. The first-order chi connectivity index (χ1) is 18.8. The molecule has 1 aromatic carbocycles. The Hall–Kier alpha value is -3.56. The summed E-state index contributed by atoms with van der Waals surface area (Å²) in [6.45, 7) is 4.11. The summed E-state index contributed by atoms with van der Waals surface area (Å²) in [6.07, 6.45) is 8.90. The van der Waals surface area contributed by atoms with Gasteiger partial charge in [-0.25, -0.2) is 4.98 Å². The molecule has 9 nitrogen and oxygen atoms in total. The van der Waals surface area contributed by atoms with Crippen molar-refractivity contribution in [2.45, 2.75) is 63.5 Å². The number of imidazole rings is 1. The number of aryl methyl sites for hydroxylation is 2. The molecule has 0 spiro atoms. The monoisotopic (exact) mass is 527 g/mol. The number of carbonyl (C=O) groups excluding carboxylic acids is 1. The first-order valence-corrected chi connectivity index (χ1v) is 14.0. The van der Waals surface area contributed by atoms with Gasteiger partial charge in [0, 0.05) is 36.1 Å². The van der Waals surface area contributed by atoms with Crippen LogP contribution in [0.2, 0.25) is 0 Å². The van der Waals surface area contributed by atoms with Crippen molar-refractivity contribution in [2.24, 2.45) is 7.05 Å². The van der Waals surface area contributed by atoms with Gasteiger partial charge in [-0.15, -0.1) is 0 Å². The Balaban J connectivity index is 1.35. The van der Waals surface area contributed by atoms with Crippen molar-refractivity contribution in [3.8, 4) is 11.3 Å². The zero-order valence-electron chi connectivity index (χ0n) is 23.0. The lowest BCUT2D eigenvalue weighted by Gasteiger charge is -2.30. The largest absolute Gasteiger partial charge is 0.393 e. The average Bonchev–Trinajstić information content (AvgIpc) is 3.52. The summed E-state index contributed by atoms with van der Waals surface area (Å²) in [5, 5.41) is 17.6. The van der Waals surface area contributed by atoms with E-state index in [4.69, 9.17) is 4.98 Å². The number of aromatic nitrogens is 5. The number of likely N-dealkylation sites (tertiary alicyclic amines) is 1. The Bertz CT molecular complexity index is 1490. The van der Waals surface area contributed by atoms with Crippen LogP contribution < -0.4 is 5.32 Å². The Morgan fingerprint density at radius 1 is 1.00 bits per heavy atom. The first kappa shape index (κ1) is 25.7. The minimum Gasteiger partial charge on any atom is -0.393 e. The molecule has 2 N–H and O–H groups in total. The number of pyridine rings is 1. The number of rotatable bonds is 5. The van der Waals surface area contributed by atoms with Crippen LogP contribution in [0.4, 0.5) is 5.95 Å². The van der Waals surface area contributed by atoms with Gasteiger partial charge in [-0.05, 0) is 101 Å². The molecule has 0 radical (unpaired) electrons. The average molecular weight is 528 g/mol. The lowest BCUT2D eigenvalue weighted by molar-refractivity contribution is 0.102. The van der Waals surface area contributed by atoms with Crippen LogP contribution in [0, 0.1) is 6.92 Å². The number of nitrogens with one attached hydrogen (secondary N) is 1. The van der Waals surface area contributed by atoms with Gasteiger partial charge in [-0.2, -0.15) is 5.10 Å². The van der Waals surface area contributed by atoms with E-state index >= 15 is 0 Å². The van der Waals surface area contributed by atoms with Crippen LogP contribution in [0.15, 0.2) is 42.7 Å². The number of anilines is 1. The number of hydrogen-bond acceptors (Lipinski definition) is 6. The van der Waals surface area contributed by atoms with E-state index < -0.39 is 0 Å². The first-order valence-electron chi connectivity index (χ1n) is 14.0. The van der Waals surface area contributed by atoms with E-state index in [1.165, 1.54) is 5.56 Å². The van der Waals surface area contributed by atoms with Crippen LogP contribution in [-0.2, 0) is 7.05 Å². The molecule has 1 saturated heterocycles. The number of carbonyl (C=O) groups is 1. The Kier molecular flexibility index (Phi) is 6.95. The van der Waals surface area contributed by atoms with Crippen molar-refractivity contribution in [3.63, 3.8) is 0 Å². The maximum absolute atomic E-state index is 13.6. The van der Waals surface area contributed by atoms with Gasteiger partial charge in [0.2, 0.25) is 5.95 Å². The molecule has 6 rings (SSSR count). The summed E-state index contributed by atoms with van der Waals surface area (Å²) in [5.41, 5.74) is 6.16. The molecular weight excluding hydrogens is 490 g/mol. The molecule has 204 valence electrons. The van der Waals surface area contributed by atoms with Crippen LogP contribution in [0.25, 0.3) is 22.3 Å². The summed E-state index contributed by atoms with van der Waals surface area (Å²) < 4.78 is 3.94. The third kappa shape index (κ3) is 5.33. The van der Waals surface area contributed by atoms with Crippen LogP contribution in [0.3, 0.4) is 0 Å². The van der Waals surface area contributed by atoms with E-state index in [0.717, 1.165) is 73.9 Å². The highest BCUT2D eigenvalue weighted by atomic mass is 16.3. The van der Waals surface area contributed by atoms with Crippen LogP contribution in [-0.4, -0.2) is 66.5 Å². The van der Waals surface area contributed by atoms with Crippen molar-refractivity contribution in [2.75, 3.05) is 25.5 Å². The third-order valence-electron chi connectivity index (χ3n) is 8.38. The third-order valence-corrected chi connectivity index (χ3v) is 8.38. The Morgan fingerprint density at radius 2 is 1.77 bits per heavy atom. The molecule has 39 heavy (non-hydrogen) atoms. The summed E-state index contributed by atoms with van der Waals surface area (Å²) in [4.78, 5) is 25.5. The van der Waals surface area contributed by atoms with Crippen LogP contribution in [0.1, 0.15) is 72.1 Å². The van der Waals surface area contributed by atoms with Gasteiger partial charge >= 0.3 is 0 Å². The SMILES string of the molecule is Cc1cc(C(=O)Nc2nc3ccc(C4CCN(C)CC4)cc3n2C2CCC(O)CC2)cc(-c2cnn(C)c2)n1. The molecule has 9 heteroatoms. The number of aliphatic hydroxyl groups is 1. The van der Waals surface area contributed by atoms with Crippen molar-refractivity contribution in [1.29, 1.82) is 0 Å². The maximum Gasteiger partial charge on any atom is 0.258 e. The molecule has 2 fully saturated rings. The normalized spacial score (nSPS) is 20.9. The fourth-order valence-corrected chi connectivity index (χ4v) is 6.15. The summed E-state index contributed by atoms with van der Waals surface area (Å²) in [7, 11) is 4.05. The summed E-state index contributed by atoms with van der Waals surface area (Å²) in [5.74, 6) is 0.883. The van der Waals surface area contributed by atoms with E-state index in [1.54, 1.807) is 16.9 Å². The second-order valence-electron chi connectivity index (χ2n) is 11.3. The highest BCUT2D eigenvalue weighted by Crippen LogP contribution is 2.37. The lowest BCUT2D eigenvalue weighted by atomic mass is 9.89. The van der Waals surface area contributed by atoms with Gasteiger partial charge < -0.3 is 14.6 Å². The number of piperidine rings is 1. The zero-order valence-corrected chi connectivity index (χ0v) is 23.0. The van der Waals surface area contributed by atoms with Crippen molar-refractivity contribution in [1.82, 2.24) is 29.2 Å². The van der Waals surface area contributed by atoms with Gasteiger partial charge in [-0.1, -0.05) is 6.07 Å². The molecule has 0 bridgehead atoms. The number of aliphatic hydroxyl groups excluding tert-OH is 1. The van der Waals surface area contributed by atoms with Crippen molar-refractivity contribution in [3.05, 3.63) is 59.5 Å². The minimum absolute atomic E-state index is 0.173. The number of fused-ring (bicyclic) bond motifs is 1. The summed E-state index contributed by atoms with van der Waals surface area (Å²) >= 11 is 0. The molecular formula is C30H37N7O2. The molecule has 0 atom stereocenters. The van der Waals surface area contributed by atoms with Gasteiger partial charge in [0.1, 0.15) is 0 Å². The fourth-order valence-electron chi connectivity index (χ4n) is 6.15. The second-order valence-corrected chi connectivity index (χ2v) is 11.3. The molecule has 1 aliphatic carbocycles. The number of amides is 1. The van der Waals surface area contributed by atoms with E-state index in [2.05, 4.69) is 50.1 Å². The Labute approximate surface area is 228 Å². The van der Waals surface area contributed by atoms with E-state index in [9.17, 15) is 9.90 Å². The van der Waals surface area contributed by atoms with Gasteiger partial charge in [0.05, 0.1) is 29.0 Å². The van der Waals surface area contributed by atoms with E-state index in [-0.39, 0.29) is 18.1 Å². The molecule has 4 aromatic rings. The maximum atomic E-state index is 13.6. The Morgan fingerprint density at radius 3 is 2.49 bits per heavy atom. The highest BCUT2D eigenvalue weighted by Gasteiger charge is 2.27. The molecule has 2 aliphatic rings. The second kappa shape index (κ2) is 10.5. The van der Waals surface area contributed by atoms with Crippen LogP contribution in [0.5, 0.6) is 0 Å². The molecule has 1 saturated carbocycles. The smallest absolute Gasteiger partial charge is 0.258 e. The van der Waals surface area contributed by atoms with Gasteiger partial charge in [0.25, 0.3) is 5.91 Å². The van der Waals surface area contributed by atoms with Crippen molar-refractivity contribution >= 4 is 22.9 Å². The molecule has 4 heterocycles. The van der Waals surface area contributed by atoms with Crippen molar-refractivity contribution < 1.29 is 9.90 Å². The molecule has 0 unspecified atom stereocenters. The number of benzene rings is 1. The fraction of sp³-hybridized carbons (Fsp3) is 0.467. The van der Waals surface area contributed by atoms with Crippen LogP contribution >= 0.6 is 0 Å². The minimum atomic E-state index is -0.255. The van der Waals surface area contributed by atoms with E-state index in [1.807, 2.05) is 26.2 Å². The predicted octanol–water partition coefficient (Wildman–Crippen LogP) is 4.68.